The minimum Gasteiger partial charge on any atom is -0.497 e. The van der Waals surface area contributed by atoms with Crippen LogP contribution in [-0.4, -0.2) is 43.3 Å². The van der Waals surface area contributed by atoms with Crippen molar-refractivity contribution in [3.05, 3.63) is 53.1 Å². The van der Waals surface area contributed by atoms with Crippen LogP contribution in [0.4, 0.5) is 11.4 Å². The summed E-state index contributed by atoms with van der Waals surface area (Å²) in [5.41, 5.74) is 3.20. The van der Waals surface area contributed by atoms with E-state index in [9.17, 15) is 0 Å². The molecule has 1 aliphatic rings. The lowest BCUT2D eigenvalue weighted by Gasteiger charge is -2.37. The maximum absolute atomic E-state index is 6.18. The van der Waals surface area contributed by atoms with Gasteiger partial charge in [0.25, 0.3) is 0 Å². The van der Waals surface area contributed by atoms with E-state index in [-0.39, 0.29) is 0 Å². The largest absolute Gasteiger partial charge is 0.497 e. The molecule has 0 radical (unpaired) electrons. The summed E-state index contributed by atoms with van der Waals surface area (Å²) in [6.45, 7) is 5.63. The number of nitrogens with one attached hydrogen (secondary N) is 1. The fourth-order valence-electron chi connectivity index (χ4n) is 2.83. The number of anilines is 2. The summed E-state index contributed by atoms with van der Waals surface area (Å²) in [6, 6.07) is 14.1. The number of thiocarbonyl (C=S) groups is 1. The summed E-state index contributed by atoms with van der Waals surface area (Å²) in [4.78, 5) is 4.56. The maximum Gasteiger partial charge on any atom is 0.173 e. The van der Waals surface area contributed by atoms with Gasteiger partial charge >= 0.3 is 0 Å². The smallest absolute Gasteiger partial charge is 0.173 e. The van der Waals surface area contributed by atoms with Crippen LogP contribution >= 0.6 is 23.8 Å². The Morgan fingerprint density at radius 2 is 1.76 bits per heavy atom. The number of nitrogens with zero attached hydrogens (tertiary/aromatic N) is 2. The van der Waals surface area contributed by atoms with Gasteiger partial charge in [-0.2, -0.15) is 0 Å². The van der Waals surface area contributed by atoms with E-state index in [1.165, 1.54) is 5.69 Å². The van der Waals surface area contributed by atoms with Crippen molar-refractivity contribution in [3.8, 4) is 5.75 Å². The standard InChI is InChI=1S/C19H22ClN3OS/c1-14-3-4-15(13-18(14)20)21-19(25)23-11-9-22(10-12-23)16-5-7-17(24-2)8-6-16/h3-8,13H,9-12H2,1-2H3,(H,21,25). The van der Waals surface area contributed by atoms with Gasteiger partial charge in [-0.05, 0) is 61.1 Å². The highest BCUT2D eigenvalue weighted by Crippen LogP contribution is 2.22. The Labute approximate surface area is 159 Å². The molecule has 0 bridgehead atoms. The molecular weight excluding hydrogens is 354 g/mol. The Kier molecular flexibility index (Phi) is 5.66. The second-order valence-electron chi connectivity index (χ2n) is 6.07. The molecule has 1 saturated heterocycles. The molecule has 2 aromatic rings. The molecule has 0 spiro atoms. The second kappa shape index (κ2) is 7.93. The Bertz CT molecular complexity index is 743. The van der Waals surface area contributed by atoms with E-state index in [0.29, 0.717) is 0 Å². The molecular formula is C19H22ClN3OS. The molecule has 0 saturated carbocycles. The van der Waals surface area contributed by atoms with Gasteiger partial charge in [0.15, 0.2) is 5.11 Å². The highest BCUT2D eigenvalue weighted by atomic mass is 35.5. The molecule has 1 fully saturated rings. The van der Waals surface area contributed by atoms with Crippen molar-refractivity contribution in [3.63, 3.8) is 0 Å². The highest BCUT2D eigenvalue weighted by Gasteiger charge is 2.19. The van der Waals surface area contributed by atoms with Crippen LogP contribution in [0.3, 0.4) is 0 Å². The van der Waals surface area contributed by atoms with Crippen LogP contribution < -0.4 is 15.0 Å². The molecule has 0 aromatic heterocycles. The number of rotatable bonds is 3. The highest BCUT2D eigenvalue weighted by molar-refractivity contribution is 7.80. The number of piperazine rings is 1. The van der Waals surface area contributed by atoms with E-state index in [1.54, 1.807) is 7.11 Å². The summed E-state index contributed by atoms with van der Waals surface area (Å²) in [5, 5.41) is 4.78. The van der Waals surface area contributed by atoms with E-state index in [2.05, 4.69) is 27.2 Å². The molecule has 1 aliphatic heterocycles. The van der Waals surface area contributed by atoms with Crippen molar-refractivity contribution in [2.75, 3.05) is 43.5 Å². The molecule has 2 aromatic carbocycles. The summed E-state index contributed by atoms with van der Waals surface area (Å²) >= 11 is 11.7. The summed E-state index contributed by atoms with van der Waals surface area (Å²) in [6.07, 6.45) is 0. The van der Waals surface area contributed by atoms with E-state index in [4.69, 9.17) is 28.6 Å². The molecule has 25 heavy (non-hydrogen) atoms. The quantitative estimate of drug-likeness (QED) is 0.812. The number of halogens is 1. The summed E-state index contributed by atoms with van der Waals surface area (Å²) in [5.74, 6) is 0.879. The normalized spacial score (nSPS) is 14.4. The Hall–Kier alpha value is -1.98. The first-order chi connectivity index (χ1) is 12.1. The third kappa shape index (κ3) is 4.35. The van der Waals surface area contributed by atoms with Crippen molar-refractivity contribution in [1.29, 1.82) is 0 Å². The van der Waals surface area contributed by atoms with Gasteiger partial charge in [-0.25, -0.2) is 0 Å². The van der Waals surface area contributed by atoms with Crippen LogP contribution in [0.2, 0.25) is 5.02 Å². The van der Waals surface area contributed by atoms with Gasteiger partial charge in [0.1, 0.15) is 5.75 Å². The average molecular weight is 376 g/mol. The molecule has 0 aliphatic carbocycles. The Balaban J connectivity index is 1.55. The summed E-state index contributed by atoms with van der Waals surface area (Å²) in [7, 11) is 1.68. The van der Waals surface area contributed by atoms with E-state index >= 15 is 0 Å². The summed E-state index contributed by atoms with van der Waals surface area (Å²) < 4.78 is 5.22. The van der Waals surface area contributed by atoms with Crippen LogP contribution in [0, 0.1) is 6.92 Å². The van der Waals surface area contributed by atoms with Crippen molar-refractivity contribution < 1.29 is 4.74 Å². The van der Waals surface area contributed by atoms with Crippen LogP contribution in [-0.2, 0) is 0 Å². The monoisotopic (exact) mass is 375 g/mol. The minimum absolute atomic E-state index is 0.745. The SMILES string of the molecule is COc1ccc(N2CCN(C(=S)Nc3ccc(C)c(Cl)c3)CC2)cc1. The number of methoxy groups -OCH3 is 1. The molecule has 0 amide bonds. The van der Waals surface area contributed by atoms with Gasteiger partial charge in [-0.15, -0.1) is 0 Å². The number of aryl methyl sites for hydroxylation is 1. The first kappa shape index (κ1) is 17.8. The van der Waals surface area contributed by atoms with Gasteiger partial charge in [0.2, 0.25) is 0 Å². The average Bonchev–Trinajstić information content (AvgIpc) is 2.65. The predicted molar refractivity (Wildman–Crippen MR) is 109 cm³/mol. The van der Waals surface area contributed by atoms with Gasteiger partial charge in [0.05, 0.1) is 7.11 Å². The van der Waals surface area contributed by atoms with Crippen LogP contribution in [0.15, 0.2) is 42.5 Å². The Morgan fingerprint density at radius 1 is 1.08 bits per heavy atom. The van der Waals surface area contributed by atoms with Crippen molar-refractivity contribution >= 4 is 40.3 Å². The van der Waals surface area contributed by atoms with Crippen molar-refractivity contribution in [2.45, 2.75) is 6.92 Å². The lowest BCUT2D eigenvalue weighted by molar-refractivity contribution is 0.390. The van der Waals surface area contributed by atoms with E-state index in [1.807, 2.05) is 37.3 Å². The van der Waals surface area contributed by atoms with Gasteiger partial charge in [-0.3, -0.25) is 0 Å². The number of hydrogen-bond acceptors (Lipinski definition) is 3. The minimum atomic E-state index is 0.745. The number of benzene rings is 2. The zero-order valence-electron chi connectivity index (χ0n) is 14.5. The molecule has 132 valence electrons. The predicted octanol–water partition coefficient (Wildman–Crippen LogP) is 4.18. The lowest BCUT2D eigenvalue weighted by atomic mass is 10.2. The topological polar surface area (TPSA) is 27.7 Å². The fourth-order valence-corrected chi connectivity index (χ4v) is 3.31. The molecule has 1 N–H and O–H groups in total. The first-order valence-corrected chi connectivity index (χ1v) is 9.06. The first-order valence-electron chi connectivity index (χ1n) is 8.28. The van der Waals surface area contributed by atoms with E-state index < -0.39 is 0 Å². The second-order valence-corrected chi connectivity index (χ2v) is 6.86. The molecule has 1 heterocycles. The Morgan fingerprint density at radius 3 is 2.36 bits per heavy atom. The zero-order valence-corrected chi connectivity index (χ0v) is 16.0. The van der Waals surface area contributed by atoms with Crippen LogP contribution in [0.25, 0.3) is 0 Å². The van der Waals surface area contributed by atoms with Gasteiger partial charge in [0, 0.05) is 42.6 Å². The van der Waals surface area contributed by atoms with Crippen molar-refractivity contribution in [2.24, 2.45) is 0 Å². The maximum atomic E-state index is 6.18. The van der Waals surface area contributed by atoms with Gasteiger partial charge < -0.3 is 19.9 Å². The van der Waals surface area contributed by atoms with Crippen LogP contribution in [0.1, 0.15) is 5.56 Å². The molecule has 6 heteroatoms. The van der Waals surface area contributed by atoms with E-state index in [0.717, 1.165) is 53.3 Å². The molecule has 4 nitrogen and oxygen atoms in total. The molecule has 3 rings (SSSR count). The molecule has 0 atom stereocenters. The molecule has 0 unspecified atom stereocenters. The van der Waals surface area contributed by atoms with Gasteiger partial charge in [-0.1, -0.05) is 17.7 Å². The third-order valence-electron chi connectivity index (χ3n) is 4.43. The fraction of sp³-hybridized carbons (Fsp3) is 0.316. The lowest BCUT2D eigenvalue weighted by Crippen LogP contribution is -2.50. The van der Waals surface area contributed by atoms with Crippen LogP contribution in [0.5, 0.6) is 5.75 Å². The van der Waals surface area contributed by atoms with Crippen molar-refractivity contribution in [1.82, 2.24) is 4.90 Å². The number of hydrogen-bond donors (Lipinski definition) is 1. The zero-order chi connectivity index (χ0) is 17.8. The third-order valence-corrected chi connectivity index (χ3v) is 5.20. The number of ether oxygens (including phenoxy) is 1.